The van der Waals surface area contributed by atoms with Crippen LogP contribution in [-0.2, 0) is 23.8 Å². The second-order valence-corrected chi connectivity index (χ2v) is 4.98. The number of nitrogens with zero attached hydrogens (tertiary/aromatic N) is 3. The largest absolute Gasteiger partial charge is 0.466 e. The summed E-state index contributed by atoms with van der Waals surface area (Å²) in [5, 5.41) is 18.1. The van der Waals surface area contributed by atoms with Crippen LogP contribution < -0.4 is 4.90 Å². The van der Waals surface area contributed by atoms with Crippen LogP contribution in [0.5, 0.6) is 0 Å². The van der Waals surface area contributed by atoms with Crippen molar-refractivity contribution in [1.82, 2.24) is 0 Å². The van der Waals surface area contributed by atoms with Gasteiger partial charge in [-0.15, -0.1) is 0 Å². The van der Waals surface area contributed by atoms with Gasteiger partial charge in [-0.25, -0.2) is 22.8 Å². The number of hydrogen-bond acceptors (Lipinski definition) is 8. The van der Waals surface area contributed by atoms with Crippen LogP contribution in [0.2, 0.25) is 0 Å². The lowest BCUT2D eigenvalue weighted by Crippen LogP contribution is -2.40. The number of anilines is 1. The van der Waals surface area contributed by atoms with Crippen molar-refractivity contribution in [1.29, 1.82) is 10.5 Å². The maximum atomic E-state index is 14.7. The van der Waals surface area contributed by atoms with Crippen molar-refractivity contribution in [3.63, 3.8) is 0 Å². The van der Waals surface area contributed by atoms with Gasteiger partial charge in [0.1, 0.15) is 41.4 Å². The molecule has 0 aliphatic carbocycles. The van der Waals surface area contributed by atoms with Gasteiger partial charge in [-0.05, 0) is 0 Å². The smallest absolute Gasteiger partial charge is 0.355 e. The predicted octanol–water partition coefficient (Wildman–Crippen LogP) is 1.24. The first-order valence-electron chi connectivity index (χ1n) is 7.09. The Kier molecular flexibility index (Phi) is 5.68. The van der Waals surface area contributed by atoms with Gasteiger partial charge in [-0.1, -0.05) is 0 Å². The minimum Gasteiger partial charge on any atom is -0.466 e. The van der Waals surface area contributed by atoms with Crippen molar-refractivity contribution in [3.05, 3.63) is 39.8 Å². The normalized spacial score (nSPS) is 13.7. The molecule has 0 saturated heterocycles. The topological polar surface area (TPSA) is 113 Å². The van der Waals surface area contributed by atoms with E-state index in [0.717, 1.165) is 20.3 Å². The van der Waals surface area contributed by atoms with Gasteiger partial charge in [0, 0.05) is 0 Å². The van der Waals surface area contributed by atoms with Crippen LogP contribution in [-0.4, -0.2) is 39.5 Å². The molecule has 140 valence electrons. The van der Waals surface area contributed by atoms with Gasteiger partial charge in [0.15, 0.2) is 17.5 Å². The first-order chi connectivity index (χ1) is 12.8. The van der Waals surface area contributed by atoms with E-state index in [1.54, 1.807) is 0 Å². The first-order valence-corrected chi connectivity index (χ1v) is 7.09. The molecule has 1 aliphatic heterocycles. The van der Waals surface area contributed by atoms with E-state index in [1.807, 2.05) is 0 Å². The van der Waals surface area contributed by atoms with Crippen LogP contribution in [0.15, 0.2) is 11.3 Å². The molecule has 11 heteroatoms. The van der Waals surface area contributed by atoms with E-state index in [9.17, 15) is 22.8 Å². The van der Waals surface area contributed by atoms with Gasteiger partial charge in [0.05, 0.1) is 26.4 Å². The number of halogens is 3. The average Bonchev–Trinajstić information content (AvgIpc) is 2.69. The maximum absolute atomic E-state index is 14.7. The van der Waals surface area contributed by atoms with Crippen molar-refractivity contribution in [2.75, 3.05) is 32.5 Å². The standard InChI is InChI=1S/C16H10F3N3O5/c1-25-15(23)9-5-27-6-22(14(9)16(24)26-2)13-8(4-21)11(18)10(17)7(3-20)12(13)19/h5-6H2,1-2H3. The number of carbonyl (C=O) groups is 2. The Morgan fingerprint density at radius 3 is 2.07 bits per heavy atom. The fourth-order valence-electron chi connectivity index (χ4n) is 2.42. The highest BCUT2D eigenvalue weighted by Crippen LogP contribution is 2.36. The van der Waals surface area contributed by atoms with Gasteiger partial charge in [0.2, 0.25) is 0 Å². The molecule has 0 fully saturated rings. The van der Waals surface area contributed by atoms with E-state index < -0.39 is 70.8 Å². The summed E-state index contributed by atoms with van der Waals surface area (Å²) in [5.74, 6) is -7.43. The number of hydrogen-bond donors (Lipinski definition) is 0. The monoisotopic (exact) mass is 381 g/mol. The molecule has 0 amide bonds. The molecule has 0 saturated carbocycles. The molecule has 2 rings (SSSR count). The highest BCUT2D eigenvalue weighted by Gasteiger charge is 2.37. The Bertz CT molecular complexity index is 946. The molecule has 27 heavy (non-hydrogen) atoms. The first kappa shape index (κ1) is 19.8. The fourth-order valence-corrected chi connectivity index (χ4v) is 2.42. The molecule has 0 aromatic heterocycles. The second-order valence-electron chi connectivity index (χ2n) is 4.98. The zero-order valence-corrected chi connectivity index (χ0v) is 13.9. The SMILES string of the molecule is COC(=O)C1=C(C(=O)OC)N(c2c(F)c(C#N)c(F)c(F)c2C#N)COC1. The van der Waals surface area contributed by atoms with Crippen LogP contribution in [0.4, 0.5) is 18.9 Å². The van der Waals surface area contributed by atoms with E-state index in [4.69, 9.17) is 15.3 Å². The summed E-state index contributed by atoms with van der Waals surface area (Å²) < 4.78 is 56.9. The van der Waals surface area contributed by atoms with Crippen molar-refractivity contribution < 1.29 is 37.0 Å². The van der Waals surface area contributed by atoms with Gasteiger partial charge < -0.3 is 19.1 Å². The highest BCUT2D eigenvalue weighted by atomic mass is 19.2. The Morgan fingerprint density at radius 1 is 1.00 bits per heavy atom. The molecule has 0 N–H and O–H groups in total. The molecule has 1 heterocycles. The Labute approximate surface area is 150 Å². The third kappa shape index (κ3) is 3.16. The molecular weight excluding hydrogens is 371 g/mol. The summed E-state index contributed by atoms with van der Waals surface area (Å²) in [6.07, 6.45) is 0. The quantitative estimate of drug-likeness (QED) is 0.568. The average molecular weight is 381 g/mol. The van der Waals surface area contributed by atoms with Gasteiger partial charge in [-0.2, -0.15) is 10.5 Å². The summed E-state index contributed by atoms with van der Waals surface area (Å²) in [4.78, 5) is 24.7. The number of rotatable bonds is 3. The van der Waals surface area contributed by atoms with Crippen LogP contribution in [0.1, 0.15) is 11.1 Å². The van der Waals surface area contributed by atoms with Crippen LogP contribution >= 0.6 is 0 Å². The molecule has 0 bridgehead atoms. The molecule has 0 atom stereocenters. The minimum absolute atomic E-state index is 0.401. The molecular formula is C16H10F3N3O5. The van der Waals surface area contributed by atoms with Crippen LogP contribution in [0, 0.1) is 40.1 Å². The number of methoxy groups -OCH3 is 2. The highest BCUT2D eigenvalue weighted by molar-refractivity contribution is 6.03. The van der Waals surface area contributed by atoms with Crippen molar-refractivity contribution in [3.8, 4) is 12.1 Å². The van der Waals surface area contributed by atoms with Gasteiger partial charge in [0.25, 0.3) is 0 Å². The maximum Gasteiger partial charge on any atom is 0.355 e. The van der Waals surface area contributed by atoms with Gasteiger partial charge in [-0.3, -0.25) is 0 Å². The predicted molar refractivity (Wildman–Crippen MR) is 80.1 cm³/mol. The summed E-state index contributed by atoms with van der Waals surface area (Å²) in [6, 6.07) is 2.42. The van der Waals surface area contributed by atoms with Crippen LogP contribution in [0.3, 0.4) is 0 Å². The number of ether oxygens (including phenoxy) is 3. The molecule has 8 nitrogen and oxygen atoms in total. The fraction of sp³-hybridized carbons (Fsp3) is 0.250. The summed E-state index contributed by atoms with van der Waals surface area (Å²) in [6.45, 7) is -1.04. The summed E-state index contributed by atoms with van der Waals surface area (Å²) >= 11 is 0. The van der Waals surface area contributed by atoms with E-state index in [2.05, 4.69) is 9.47 Å². The summed E-state index contributed by atoms with van der Waals surface area (Å²) in [5.41, 5.74) is -4.38. The molecule has 0 unspecified atom stereocenters. The van der Waals surface area contributed by atoms with Crippen molar-refractivity contribution >= 4 is 17.6 Å². The lowest BCUT2D eigenvalue weighted by molar-refractivity contribution is -0.140. The Balaban J connectivity index is 2.89. The zero-order chi connectivity index (χ0) is 20.3. The number of esters is 2. The van der Waals surface area contributed by atoms with E-state index in [-0.39, 0.29) is 0 Å². The second kappa shape index (κ2) is 7.76. The number of nitriles is 2. The lowest BCUT2D eigenvalue weighted by Gasteiger charge is -2.32. The molecule has 0 spiro atoms. The minimum atomic E-state index is -1.86. The lowest BCUT2D eigenvalue weighted by atomic mass is 10.0. The van der Waals surface area contributed by atoms with E-state index in [1.165, 1.54) is 6.07 Å². The number of carbonyl (C=O) groups excluding carboxylic acids is 2. The van der Waals surface area contributed by atoms with E-state index >= 15 is 0 Å². The Hall–Kier alpha value is -3.57. The number of benzene rings is 1. The summed E-state index contributed by atoms with van der Waals surface area (Å²) in [7, 11) is 1.97. The molecule has 1 aromatic carbocycles. The van der Waals surface area contributed by atoms with Crippen LogP contribution in [0.25, 0.3) is 0 Å². The van der Waals surface area contributed by atoms with Crippen molar-refractivity contribution in [2.24, 2.45) is 0 Å². The third-order valence-electron chi connectivity index (χ3n) is 3.62. The third-order valence-corrected chi connectivity index (χ3v) is 3.62. The van der Waals surface area contributed by atoms with E-state index in [0.29, 0.717) is 4.90 Å². The molecule has 1 aliphatic rings. The molecule has 0 radical (unpaired) electrons. The van der Waals surface area contributed by atoms with Gasteiger partial charge >= 0.3 is 11.9 Å². The molecule has 1 aromatic rings. The zero-order valence-electron chi connectivity index (χ0n) is 13.9. The van der Waals surface area contributed by atoms with Crippen molar-refractivity contribution in [2.45, 2.75) is 0 Å². The Morgan fingerprint density at radius 2 is 1.56 bits per heavy atom.